The van der Waals surface area contributed by atoms with Gasteiger partial charge in [-0.3, -0.25) is 0 Å². The van der Waals surface area contributed by atoms with Crippen LogP contribution in [0.15, 0.2) is 22.6 Å². The van der Waals surface area contributed by atoms with E-state index in [0.29, 0.717) is 0 Å². The largest absolute Gasteiger partial charge is 0.223 e. The van der Waals surface area contributed by atoms with Crippen LogP contribution < -0.4 is 0 Å². The molecular weight excluding hydrogens is 276 g/mol. The third-order valence-corrected chi connectivity index (χ3v) is 4.56. The molecule has 0 aromatic heterocycles. The Balaban J connectivity index is 2.94. The van der Waals surface area contributed by atoms with E-state index in [2.05, 4.69) is 0 Å². The molecule has 7 heteroatoms. The predicted octanol–water partition coefficient (Wildman–Crippen LogP) is 1.02. The van der Waals surface area contributed by atoms with Gasteiger partial charge in [-0.05, 0) is 12.1 Å². The lowest BCUT2D eigenvalue weighted by molar-refractivity contribution is 0.601. The summed E-state index contributed by atoms with van der Waals surface area (Å²) >= 11 is 0. The van der Waals surface area contributed by atoms with Gasteiger partial charge < -0.3 is 0 Å². The molecule has 2 rings (SSSR count). The molecule has 1 aromatic carbocycles. The Hall–Kier alpha value is -3.13. The number of hydrogen-bond donors (Lipinski definition) is 0. The van der Waals surface area contributed by atoms with E-state index in [1.54, 1.807) is 24.3 Å². The summed E-state index contributed by atoms with van der Waals surface area (Å²) < 4.78 is 24.0. The summed E-state index contributed by atoms with van der Waals surface area (Å²) in [5.74, 6) is -0.474. The van der Waals surface area contributed by atoms with Crippen LogP contribution in [0.2, 0.25) is 0 Å². The predicted molar refractivity (Wildman–Crippen MR) is 66.1 cm³/mol. The molecule has 94 valence electrons. The van der Waals surface area contributed by atoms with Crippen LogP contribution in [0, 0.1) is 45.3 Å². The van der Waals surface area contributed by atoms with Gasteiger partial charge in [0, 0.05) is 11.1 Å². The summed E-state index contributed by atoms with van der Waals surface area (Å²) in [6.07, 6.45) is 0. The summed E-state index contributed by atoms with van der Waals surface area (Å²) in [5.41, 5.74) is -0.117. The van der Waals surface area contributed by atoms with E-state index in [4.69, 9.17) is 21.0 Å². The molecule has 1 heterocycles. The maximum atomic E-state index is 12.0. The zero-order valence-electron chi connectivity index (χ0n) is 9.88. The van der Waals surface area contributed by atoms with Crippen molar-refractivity contribution in [2.24, 2.45) is 0 Å². The average molecular weight is 280 g/mol. The first kappa shape index (κ1) is 13.3. The molecule has 0 bridgehead atoms. The Bertz CT molecular complexity index is 913. The van der Waals surface area contributed by atoms with Gasteiger partial charge in [0.25, 0.3) is 0 Å². The van der Waals surface area contributed by atoms with Gasteiger partial charge in [-0.2, -0.15) is 21.0 Å². The van der Waals surface area contributed by atoms with Gasteiger partial charge in [-0.1, -0.05) is 0 Å². The highest BCUT2D eigenvalue weighted by Crippen LogP contribution is 2.37. The first-order valence-electron chi connectivity index (χ1n) is 5.23. The summed E-state index contributed by atoms with van der Waals surface area (Å²) in [4.78, 5) is -0.119. The Kier molecular flexibility index (Phi) is 3.01. The van der Waals surface area contributed by atoms with Gasteiger partial charge in [0.1, 0.15) is 29.8 Å². The van der Waals surface area contributed by atoms with Crippen molar-refractivity contribution in [2.75, 3.05) is 5.75 Å². The molecule has 0 N–H and O–H groups in total. The average Bonchev–Trinajstić information content (AvgIpc) is 2.70. The minimum absolute atomic E-state index is 0.0103. The number of rotatable bonds is 0. The fourth-order valence-electron chi connectivity index (χ4n) is 1.97. The molecule has 1 aliphatic rings. The molecule has 0 saturated heterocycles. The van der Waals surface area contributed by atoms with Gasteiger partial charge in [-0.15, -0.1) is 0 Å². The van der Waals surface area contributed by atoms with Crippen LogP contribution in [-0.4, -0.2) is 14.2 Å². The maximum Gasteiger partial charge on any atom is 0.183 e. The maximum absolute atomic E-state index is 12.0. The van der Waals surface area contributed by atoms with Crippen molar-refractivity contribution in [3.8, 4) is 24.3 Å². The second kappa shape index (κ2) is 4.52. The molecule has 1 aliphatic heterocycles. The molecule has 1 aromatic rings. The quantitative estimate of drug-likeness (QED) is 0.652. The highest BCUT2D eigenvalue weighted by atomic mass is 32.2. The minimum Gasteiger partial charge on any atom is -0.223 e. The van der Waals surface area contributed by atoms with Gasteiger partial charge in [0.05, 0.1) is 21.8 Å². The van der Waals surface area contributed by atoms with Gasteiger partial charge in [0.2, 0.25) is 0 Å². The summed E-state index contributed by atoms with van der Waals surface area (Å²) in [7, 11) is -3.70. The van der Waals surface area contributed by atoms with Gasteiger partial charge in [-0.25, -0.2) is 8.42 Å². The van der Waals surface area contributed by atoms with Crippen LogP contribution in [0.5, 0.6) is 0 Å². The third kappa shape index (κ3) is 1.80. The number of fused-ring (bicyclic) bond motifs is 1. The Labute approximate surface area is 114 Å². The minimum atomic E-state index is -3.70. The molecular formula is C13H4N4O2S. The number of nitriles is 4. The first-order chi connectivity index (χ1) is 9.48. The van der Waals surface area contributed by atoms with Crippen molar-refractivity contribution in [3.05, 3.63) is 34.4 Å². The monoisotopic (exact) mass is 280 g/mol. The number of benzene rings is 1. The molecule has 0 fully saturated rings. The molecule has 0 radical (unpaired) electrons. The van der Waals surface area contributed by atoms with Crippen LogP contribution in [0.4, 0.5) is 0 Å². The van der Waals surface area contributed by atoms with Crippen molar-refractivity contribution >= 4 is 15.4 Å². The van der Waals surface area contributed by atoms with E-state index >= 15 is 0 Å². The van der Waals surface area contributed by atoms with Crippen molar-refractivity contribution in [3.63, 3.8) is 0 Å². The first-order valence-corrected chi connectivity index (χ1v) is 6.88. The van der Waals surface area contributed by atoms with Gasteiger partial charge in [0.15, 0.2) is 9.84 Å². The van der Waals surface area contributed by atoms with E-state index in [1.807, 2.05) is 0 Å². The standard InChI is InChI=1S/C13H4N4O2S/c14-3-8-1-11-12(10(5-16)6-17)7-20(18,19)13(11)2-9(8)4-15/h1-2H,7H2. The normalized spacial score (nSPS) is 14.3. The van der Waals surface area contributed by atoms with E-state index in [9.17, 15) is 8.42 Å². The molecule has 6 nitrogen and oxygen atoms in total. The summed E-state index contributed by atoms with van der Waals surface area (Å²) in [5, 5.41) is 35.6. The Morgan fingerprint density at radius 3 is 2.05 bits per heavy atom. The van der Waals surface area contributed by atoms with Crippen molar-refractivity contribution in [1.29, 1.82) is 21.0 Å². The molecule has 0 amide bonds. The zero-order valence-corrected chi connectivity index (χ0v) is 10.7. The van der Waals surface area contributed by atoms with E-state index in [0.717, 1.165) is 6.07 Å². The fourth-order valence-corrected chi connectivity index (χ4v) is 3.62. The lowest BCUT2D eigenvalue weighted by Gasteiger charge is -2.01. The second-order valence-electron chi connectivity index (χ2n) is 3.95. The fraction of sp³-hybridized carbons (Fsp3) is 0.0769. The third-order valence-electron chi connectivity index (χ3n) is 2.88. The highest BCUT2D eigenvalue weighted by molar-refractivity contribution is 7.92. The molecule has 0 aliphatic carbocycles. The summed E-state index contributed by atoms with van der Waals surface area (Å²) in [6.45, 7) is 0. The van der Waals surface area contributed by atoms with Crippen LogP contribution in [-0.2, 0) is 9.84 Å². The number of sulfone groups is 1. The van der Waals surface area contributed by atoms with Crippen molar-refractivity contribution < 1.29 is 8.42 Å². The smallest absolute Gasteiger partial charge is 0.183 e. The van der Waals surface area contributed by atoms with Crippen LogP contribution in [0.25, 0.3) is 5.57 Å². The molecule has 0 unspecified atom stereocenters. The molecule has 20 heavy (non-hydrogen) atoms. The van der Waals surface area contributed by atoms with E-state index in [1.165, 1.54) is 6.07 Å². The summed E-state index contributed by atoms with van der Waals surface area (Å²) in [6, 6.07) is 9.19. The number of hydrogen-bond acceptors (Lipinski definition) is 6. The van der Waals surface area contributed by atoms with E-state index < -0.39 is 15.6 Å². The molecule has 0 saturated carbocycles. The van der Waals surface area contributed by atoms with Crippen LogP contribution in [0.3, 0.4) is 0 Å². The van der Waals surface area contributed by atoms with Crippen LogP contribution in [0.1, 0.15) is 16.7 Å². The SMILES string of the molecule is N#CC(C#N)=C1CS(=O)(=O)c2cc(C#N)c(C#N)cc21. The molecule has 0 spiro atoms. The van der Waals surface area contributed by atoms with Crippen LogP contribution >= 0.6 is 0 Å². The number of nitrogens with zero attached hydrogens (tertiary/aromatic N) is 4. The van der Waals surface area contributed by atoms with Crippen molar-refractivity contribution in [2.45, 2.75) is 4.90 Å². The number of allylic oxidation sites excluding steroid dienone is 1. The molecule has 0 atom stereocenters. The van der Waals surface area contributed by atoms with Gasteiger partial charge >= 0.3 is 0 Å². The van der Waals surface area contributed by atoms with E-state index in [-0.39, 0.29) is 32.7 Å². The topological polar surface area (TPSA) is 129 Å². The second-order valence-corrected chi connectivity index (χ2v) is 5.91. The Morgan fingerprint density at radius 2 is 1.55 bits per heavy atom. The lowest BCUT2D eigenvalue weighted by atomic mass is 9.98. The van der Waals surface area contributed by atoms with Crippen molar-refractivity contribution in [1.82, 2.24) is 0 Å². The zero-order chi connectivity index (χ0) is 14.9. The lowest BCUT2D eigenvalue weighted by Crippen LogP contribution is -1.99. The highest BCUT2D eigenvalue weighted by Gasteiger charge is 2.34. The Morgan fingerprint density at radius 1 is 1.00 bits per heavy atom.